The van der Waals surface area contributed by atoms with E-state index in [-0.39, 0.29) is 0 Å². The van der Waals surface area contributed by atoms with Gasteiger partial charge < -0.3 is 4.90 Å². The molecule has 1 aliphatic carbocycles. The highest BCUT2D eigenvalue weighted by atomic mass is 15.2. The van der Waals surface area contributed by atoms with Gasteiger partial charge in [-0.15, -0.1) is 0 Å². The summed E-state index contributed by atoms with van der Waals surface area (Å²) in [5.41, 5.74) is 2.07. The van der Waals surface area contributed by atoms with E-state index in [4.69, 9.17) is 0 Å². The van der Waals surface area contributed by atoms with Gasteiger partial charge in [-0.3, -0.25) is 0 Å². The second-order valence-corrected chi connectivity index (χ2v) is 5.78. The molecule has 1 unspecified atom stereocenters. The Morgan fingerprint density at radius 3 is 2.76 bits per heavy atom. The molecular formula is C16H17N. The number of fused-ring (bicyclic) bond motifs is 2. The summed E-state index contributed by atoms with van der Waals surface area (Å²) in [6.45, 7) is 2.52. The zero-order valence-corrected chi connectivity index (χ0v) is 10.2. The molecular weight excluding hydrogens is 206 g/mol. The molecule has 0 aromatic heterocycles. The zero-order valence-electron chi connectivity index (χ0n) is 10.2. The lowest BCUT2D eigenvalue weighted by atomic mass is 9.90. The van der Waals surface area contributed by atoms with Gasteiger partial charge >= 0.3 is 0 Å². The van der Waals surface area contributed by atoms with Gasteiger partial charge in [-0.05, 0) is 35.7 Å². The summed E-state index contributed by atoms with van der Waals surface area (Å²) in [4.78, 5) is 2.48. The van der Waals surface area contributed by atoms with Crippen molar-refractivity contribution in [3.8, 4) is 0 Å². The van der Waals surface area contributed by atoms with Crippen molar-refractivity contribution in [1.82, 2.24) is 4.90 Å². The molecule has 2 fully saturated rings. The van der Waals surface area contributed by atoms with Crippen molar-refractivity contribution >= 4 is 10.8 Å². The van der Waals surface area contributed by atoms with Crippen LogP contribution in [0.25, 0.3) is 10.8 Å². The normalized spacial score (nSPS) is 31.7. The van der Waals surface area contributed by atoms with Crippen LogP contribution in [0.2, 0.25) is 0 Å². The fourth-order valence-corrected chi connectivity index (χ4v) is 3.81. The monoisotopic (exact) mass is 223 g/mol. The fraction of sp³-hybridized carbons (Fsp3) is 0.375. The predicted molar refractivity (Wildman–Crippen MR) is 71.2 cm³/mol. The van der Waals surface area contributed by atoms with Gasteiger partial charge in [-0.1, -0.05) is 42.5 Å². The lowest BCUT2D eigenvalue weighted by molar-refractivity contribution is 0.364. The molecule has 0 amide bonds. The Morgan fingerprint density at radius 1 is 1.12 bits per heavy atom. The molecule has 0 N–H and O–H groups in total. The molecule has 0 spiro atoms. The number of benzene rings is 2. The van der Waals surface area contributed by atoms with Crippen LogP contribution in [0.15, 0.2) is 42.5 Å². The highest BCUT2D eigenvalue weighted by molar-refractivity contribution is 5.87. The topological polar surface area (TPSA) is 3.24 Å². The fourth-order valence-electron chi connectivity index (χ4n) is 3.81. The van der Waals surface area contributed by atoms with Gasteiger partial charge in [0, 0.05) is 18.5 Å². The van der Waals surface area contributed by atoms with Gasteiger partial charge in [0.25, 0.3) is 0 Å². The molecule has 0 bridgehead atoms. The second-order valence-electron chi connectivity index (χ2n) is 5.78. The molecule has 2 aromatic rings. The number of hydrogen-bond donors (Lipinski definition) is 0. The van der Waals surface area contributed by atoms with Crippen LogP contribution < -0.4 is 0 Å². The van der Waals surface area contributed by atoms with Crippen molar-refractivity contribution in [2.45, 2.75) is 11.8 Å². The summed E-state index contributed by atoms with van der Waals surface area (Å²) >= 11 is 0. The first-order valence-corrected chi connectivity index (χ1v) is 6.46. The Hall–Kier alpha value is -1.34. The van der Waals surface area contributed by atoms with Gasteiger partial charge in [0.05, 0.1) is 0 Å². The van der Waals surface area contributed by atoms with Crippen LogP contribution in [0.5, 0.6) is 0 Å². The SMILES string of the molecule is CN1CC2C[C@@]2(c2cccc3ccccc23)C1. The van der Waals surface area contributed by atoms with E-state index in [0.29, 0.717) is 5.41 Å². The van der Waals surface area contributed by atoms with Crippen LogP contribution in [0.1, 0.15) is 12.0 Å². The van der Waals surface area contributed by atoms with E-state index in [1.165, 1.54) is 30.3 Å². The molecule has 0 radical (unpaired) electrons. The largest absolute Gasteiger partial charge is 0.305 e. The Balaban J connectivity index is 1.92. The Kier molecular flexibility index (Phi) is 1.77. The number of nitrogens with zero attached hydrogens (tertiary/aromatic N) is 1. The van der Waals surface area contributed by atoms with Crippen LogP contribution in [-0.2, 0) is 5.41 Å². The first-order valence-electron chi connectivity index (χ1n) is 6.46. The summed E-state index contributed by atoms with van der Waals surface area (Å²) < 4.78 is 0. The first-order chi connectivity index (χ1) is 8.29. The van der Waals surface area contributed by atoms with Crippen LogP contribution in [0, 0.1) is 5.92 Å². The smallest absolute Gasteiger partial charge is 0.0130 e. The van der Waals surface area contributed by atoms with Crippen molar-refractivity contribution in [3.05, 3.63) is 48.0 Å². The number of rotatable bonds is 1. The maximum atomic E-state index is 2.48. The van der Waals surface area contributed by atoms with Gasteiger partial charge in [0.15, 0.2) is 0 Å². The maximum absolute atomic E-state index is 2.48. The molecule has 4 rings (SSSR count). The quantitative estimate of drug-likeness (QED) is 0.718. The maximum Gasteiger partial charge on any atom is 0.0130 e. The minimum atomic E-state index is 0.482. The summed E-state index contributed by atoms with van der Waals surface area (Å²) in [5.74, 6) is 0.901. The van der Waals surface area contributed by atoms with Gasteiger partial charge in [0.1, 0.15) is 0 Å². The standard InChI is InChI=1S/C16H17N/c1-17-10-13-9-16(13,11-17)15-8-4-6-12-5-2-3-7-14(12)15/h2-8,13H,9-11H2,1H3/t13?,16-/m1/s1. The van der Waals surface area contributed by atoms with Crippen molar-refractivity contribution in [2.75, 3.05) is 20.1 Å². The number of likely N-dealkylation sites (N-methyl/N-ethyl adjacent to an activating group) is 1. The molecule has 2 atom stereocenters. The van der Waals surface area contributed by atoms with E-state index in [1.807, 2.05) is 0 Å². The minimum absolute atomic E-state index is 0.482. The molecule has 2 aliphatic rings. The molecule has 1 heterocycles. The lowest BCUT2D eigenvalue weighted by Gasteiger charge is -2.18. The molecule has 17 heavy (non-hydrogen) atoms. The van der Waals surface area contributed by atoms with E-state index in [2.05, 4.69) is 54.4 Å². The van der Waals surface area contributed by atoms with E-state index in [0.717, 1.165) is 5.92 Å². The van der Waals surface area contributed by atoms with E-state index < -0.39 is 0 Å². The van der Waals surface area contributed by atoms with E-state index >= 15 is 0 Å². The third kappa shape index (κ3) is 1.23. The van der Waals surface area contributed by atoms with Crippen LogP contribution >= 0.6 is 0 Å². The van der Waals surface area contributed by atoms with Gasteiger partial charge in [-0.2, -0.15) is 0 Å². The van der Waals surface area contributed by atoms with E-state index in [9.17, 15) is 0 Å². The molecule has 1 saturated heterocycles. The molecule has 86 valence electrons. The number of likely N-dealkylation sites (tertiary alicyclic amines) is 1. The van der Waals surface area contributed by atoms with E-state index in [1.54, 1.807) is 5.56 Å². The summed E-state index contributed by atoms with van der Waals surface area (Å²) in [5, 5.41) is 2.85. The second kappa shape index (κ2) is 3.11. The molecule has 1 aliphatic heterocycles. The van der Waals surface area contributed by atoms with Crippen LogP contribution in [-0.4, -0.2) is 25.0 Å². The summed E-state index contributed by atoms with van der Waals surface area (Å²) in [7, 11) is 2.25. The average molecular weight is 223 g/mol. The molecule has 2 aromatic carbocycles. The summed E-state index contributed by atoms with van der Waals surface area (Å²) in [6.07, 6.45) is 1.39. The highest BCUT2D eigenvalue weighted by Gasteiger charge is 2.60. The number of hydrogen-bond acceptors (Lipinski definition) is 1. The van der Waals surface area contributed by atoms with Crippen molar-refractivity contribution in [1.29, 1.82) is 0 Å². The highest BCUT2D eigenvalue weighted by Crippen LogP contribution is 2.59. The van der Waals surface area contributed by atoms with Crippen molar-refractivity contribution in [3.63, 3.8) is 0 Å². The van der Waals surface area contributed by atoms with Crippen molar-refractivity contribution < 1.29 is 0 Å². The zero-order chi connectivity index (χ0) is 11.5. The molecule has 1 heteroatoms. The van der Waals surface area contributed by atoms with Gasteiger partial charge in [-0.25, -0.2) is 0 Å². The van der Waals surface area contributed by atoms with Crippen molar-refractivity contribution in [2.24, 2.45) is 5.92 Å². The summed E-state index contributed by atoms with van der Waals surface area (Å²) in [6, 6.07) is 15.6. The predicted octanol–water partition coefficient (Wildman–Crippen LogP) is 3.04. The Bertz CT molecular complexity index is 584. The Labute approximate surface area is 102 Å². The Morgan fingerprint density at radius 2 is 1.94 bits per heavy atom. The molecule has 1 saturated carbocycles. The van der Waals surface area contributed by atoms with Crippen LogP contribution in [0.4, 0.5) is 0 Å². The lowest BCUT2D eigenvalue weighted by Crippen LogP contribution is -2.22. The van der Waals surface area contributed by atoms with Gasteiger partial charge in [0.2, 0.25) is 0 Å². The van der Waals surface area contributed by atoms with Crippen LogP contribution in [0.3, 0.4) is 0 Å². The third-order valence-corrected chi connectivity index (χ3v) is 4.64. The minimum Gasteiger partial charge on any atom is -0.305 e. The average Bonchev–Trinajstić information content (AvgIpc) is 2.92. The third-order valence-electron chi connectivity index (χ3n) is 4.64. The number of piperidine rings is 1. The first kappa shape index (κ1) is 9.67. The molecule has 1 nitrogen and oxygen atoms in total.